The van der Waals surface area contributed by atoms with Crippen LogP contribution in [0.2, 0.25) is 0 Å². The predicted octanol–water partition coefficient (Wildman–Crippen LogP) is 0.240. The molecule has 1 rings (SSSR count). The van der Waals surface area contributed by atoms with E-state index < -0.39 is 38.4 Å². The van der Waals surface area contributed by atoms with E-state index in [1.807, 2.05) is 6.07 Å². The van der Waals surface area contributed by atoms with Gasteiger partial charge in [-0.15, -0.1) is 0 Å². The number of hydrogen-bond donors (Lipinski definition) is 5. The summed E-state index contributed by atoms with van der Waals surface area (Å²) in [4.78, 5) is 13.5. The summed E-state index contributed by atoms with van der Waals surface area (Å²) in [5.74, 6) is 0. The lowest BCUT2D eigenvalue weighted by Crippen LogP contribution is -2.44. The molecule has 0 aliphatic carbocycles. The van der Waals surface area contributed by atoms with Gasteiger partial charge in [0.1, 0.15) is 6.10 Å². The van der Waals surface area contributed by atoms with Crippen LogP contribution in [-0.4, -0.2) is 50.7 Å². The fourth-order valence-corrected chi connectivity index (χ4v) is 2.08. The number of hydroxylamine groups is 1. The van der Waals surface area contributed by atoms with Crippen LogP contribution in [0.4, 0.5) is 8.78 Å². The van der Waals surface area contributed by atoms with Crippen LogP contribution in [0.15, 0.2) is 30.3 Å². The quantitative estimate of drug-likeness (QED) is 0.232. The molecular formula is C13H20F2NO6P. The van der Waals surface area contributed by atoms with E-state index in [0.717, 1.165) is 5.56 Å². The molecule has 1 unspecified atom stereocenters. The van der Waals surface area contributed by atoms with Gasteiger partial charge >= 0.3 is 5.66 Å². The van der Waals surface area contributed by atoms with Crippen molar-refractivity contribution >= 4 is 8.03 Å². The van der Waals surface area contributed by atoms with Crippen molar-refractivity contribution in [3.05, 3.63) is 35.9 Å². The summed E-state index contributed by atoms with van der Waals surface area (Å²) in [5, 5.41) is 28.6. The van der Waals surface area contributed by atoms with Gasteiger partial charge in [0, 0.05) is 13.0 Å². The zero-order valence-corrected chi connectivity index (χ0v) is 13.1. The fourth-order valence-electron chi connectivity index (χ4n) is 1.70. The predicted molar refractivity (Wildman–Crippen MR) is 78.0 cm³/mol. The van der Waals surface area contributed by atoms with Gasteiger partial charge in [-0.1, -0.05) is 30.3 Å². The SMILES string of the molecule is O=[PH](O)C(F)(F)C[C@@H](O)[C@@H](O)[C@@H](O)CNOCc1ccccc1. The molecule has 0 saturated heterocycles. The highest BCUT2D eigenvalue weighted by Crippen LogP contribution is 2.42. The minimum atomic E-state index is -4.19. The molecule has 0 saturated carbocycles. The number of rotatable bonds is 10. The van der Waals surface area contributed by atoms with E-state index in [2.05, 4.69) is 5.48 Å². The molecule has 0 amide bonds. The minimum absolute atomic E-state index is 0.177. The Kier molecular flexibility index (Phi) is 8.21. The molecule has 132 valence electrons. The second-order valence-electron chi connectivity index (χ2n) is 4.96. The Morgan fingerprint density at radius 3 is 2.35 bits per heavy atom. The van der Waals surface area contributed by atoms with Gasteiger partial charge in [-0.2, -0.15) is 14.3 Å². The van der Waals surface area contributed by atoms with Gasteiger partial charge in [0.05, 0.1) is 18.8 Å². The van der Waals surface area contributed by atoms with Crippen molar-refractivity contribution < 1.29 is 38.4 Å². The van der Waals surface area contributed by atoms with Crippen molar-refractivity contribution in [3.63, 3.8) is 0 Å². The van der Waals surface area contributed by atoms with Crippen LogP contribution >= 0.6 is 8.03 Å². The summed E-state index contributed by atoms with van der Waals surface area (Å²) in [6, 6.07) is 9.04. The van der Waals surface area contributed by atoms with Gasteiger partial charge in [0.2, 0.25) is 0 Å². The van der Waals surface area contributed by atoms with Crippen LogP contribution in [0.3, 0.4) is 0 Å². The van der Waals surface area contributed by atoms with Crippen LogP contribution < -0.4 is 5.48 Å². The molecule has 0 fully saturated rings. The summed E-state index contributed by atoms with van der Waals surface area (Å²) < 4.78 is 36.5. The lowest BCUT2D eigenvalue weighted by Gasteiger charge is -2.25. The largest absolute Gasteiger partial charge is 0.390 e. The molecule has 5 N–H and O–H groups in total. The van der Waals surface area contributed by atoms with Crippen LogP contribution in [0.1, 0.15) is 12.0 Å². The molecule has 0 bridgehead atoms. The van der Waals surface area contributed by atoms with Gasteiger partial charge in [0.15, 0.2) is 0 Å². The molecule has 1 aromatic carbocycles. The van der Waals surface area contributed by atoms with Gasteiger partial charge in [-0.05, 0) is 5.56 Å². The number of nitrogens with one attached hydrogen (secondary N) is 1. The molecule has 1 aromatic rings. The standard InChI is InChI=1S/C13H20F2NO6P/c14-13(15,23(20)21)6-10(17)12(19)11(18)7-16-22-8-9-4-2-1-3-5-9/h1-5,10-12,16-19,23H,6-8H2,(H,20,21)/t10-,11+,12-/m1/s1. The third-order valence-corrected chi connectivity index (χ3v) is 3.87. The van der Waals surface area contributed by atoms with Crippen LogP contribution in [-0.2, 0) is 16.0 Å². The molecule has 10 heteroatoms. The maximum atomic E-state index is 13.0. The number of halogens is 2. The second-order valence-corrected chi connectivity index (χ2v) is 6.30. The van der Waals surface area contributed by atoms with Crippen molar-refractivity contribution in [2.24, 2.45) is 0 Å². The van der Waals surface area contributed by atoms with E-state index in [4.69, 9.17) is 9.73 Å². The molecular weight excluding hydrogens is 335 g/mol. The average molecular weight is 355 g/mol. The normalized spacial score (nSPS) is 17.5. The number of benzene rings is 1. The van der Waals surface area contributed by atoms with E-state index >= 15 is 0 Å². The maximum absolute atomic E-state index is 13.0. The molecule has 7 nitrogen and oxygen atoms in total. The van der Waals surface area contributed by atoms with Crippen molar-refractivity contribution in [3.8, 4) is 0 Å². The highest BCUT2D eigenvalue weighted by Gasteiger charge is 2.41. The van der Waals surface area contributed by atoms with Gasteiger partial charge in [-0.25, -0.2) is 0 Å². The number of hydrogen-bond acceptors (Lipinski definition) is 6. The lowest BCUT2D eigenvalue weighted by molar-refractivity contribution is -0.0973. The summed E-state index contributed by atoms with van der Waals surface area (Å²) in [6.07, 6.45) is -7.01. The second kappa shape index (κ2) is 9.39. The third-order valence-electron chi connectivity index (χ3n) is 3.04. The Hall–Kier alpha value is -0.930. The molecule has 4 atom stereocenters. The first kappa shape index (κ1) is 20.1. The van der Waals surface area contributed by atoms with Crippen LogP contribution in [0.5, 0.6) is 0 Å². The number of alkyl halides is 2. The summed E-state index contributed by atoms with van der Waals surface area (Å²) in [6.45, 7) is -0.151. The van der Waals surface area contributed by atoms with Crippen molar-refractivity contribution in [1.82, 2.24) is 5.48 Å². The first-order chi connectivity index (χ1) is 10.7. The van der Waals surface area contributed by atoms with Crippen molar-refractivity contribution in [1.29, 1.82) is 0 Å². The molecule has 0 radical (unpaired) electrons. The number of aliphatic hydroxyl groups excluding tert-OH is 3. The zero-order valence-electron chi connectivity index (χ0n) is 12.1. The fraction of sp³-hybridized carbons (Fsp3) is 0.538. The van der Waals surface area contributed by atoms with Gasteiger partial charge < -0.3 is 20.2 Å². The Balaban J connectivity index is 2.33. The summed E-state index contributed by atoms with van der Waals surface area (Å²) >= 11 is 0. The minimum Gasteiger partial charge on any atom is -0.390 e. The van der Waals surface area contributed by atoms with Crippen molar-refractivity contribution in [2.45, 2.75) is 37.0 Å². The van der Waals surface area contributed by atoms with E-state index in [1.54, 1.807) is 24.3 Å². The maximum Gasteiger partial charge on any atom is 0.321 e. The smallest absolute Gasteiger partial charge is 0.321 e. The molecule has 0 heterocycles. The molecule has 23 heavy (non-hydrogen) atoms. The Bertz CT molecular complexity index is 493. The Morgan fingerprint density at radius 1 is 1.17 bits per heavy atom. The molecule has 0 spiro atoms. The van der Waals surface area contributed by atoms with E-state index in [-0.39, 0.29) is 13.2 Å². The Morgan fingerprint density at radius 2 is 1.78 bits per heavy atom. The summed E-state index contributed by atoms with van der Waals surface area (Å²) in [5.41, 5.74) is -0.820. The third kappa shape index (κ3) is 7.01. The average Bonchev–Trinajstić information content (AvgIpc) is 2.51. The first-order valence-electron chi connectivity index (χ1n) is 6.78. The van der Waals surface area contributed by atoms with Crippen LogP contribution in [0, 0.1) is 0 Å². The monoisotopic (exact) mass is 355 g/mol. The van der Waals surface area contributed by atoms with E-state index in [9.17, 15) is 28.7 Å². The van der Waals surface area contributed by atoms with E-state index in [0.29, 0.717) is 0 Å². The highest BCUT2D eigenvalue weighted by atomic mass is 31.1. The molecule has 0 aromatic heterocycles. The summed E-state index contributed by atoms with van der Waals surface area (Å²) in [7, 11) is -4.19. The molecule has 0 aliphatic heterocycles. The first-order valence-corrected chi connectivity index (χ1v) is 8.13. The van der Waals surface area contributed by atoms with Gasteiger partial charge in [0.25, 0.3) is 8.03 Å². The Labute approximate surface area is 132 Å². The van der Waals surface area contributed by atoms with Gasteiger partial charge in [-0.3, -0.25) is 9.40 Å². The zero-order chi connectivity index (χ0) is 17.5. The van der Waals surface area contributed by atoms with Crippen LogP contribution in [0.25, 0.3) is 0 Å². The molecule has 0 aliphatic rings. The van der Waals surface area contributed by atoms with E-state index in [1.165, 1.54) is 0 Å². The van der Waals surface area contributed by atoms with Crippen molar-refractivity contribution in [2.75, 3.05) is 6.54 Å². The lowest BCUT2D eigenvalue weighted by atomic mass is 10.1. The number of aliphatic hydroxyl groups is 3. The highest BCUT2D eigenvalue weighted by molar-refractivity contribution is 7.39. The topological polar surface area (TPSA) is 119 Å².